The van der Waals surface area contributed by atoms with Gasteiger partial charge in [0, 0.05) is 25.8 Å². The van der Waals surface area contributed by atoms with Crippen LogP contribution in [0.4, 0.5) is 0 Å². The molecule has 0 aliphatic carbocycles. The van der Waals surface area contributed by atoms with Crippen molar-refractivity contribution in [3.8, 4) is 0 Å². The molecule has 1 aliphatic rings. The highest BCUT2D eigenvalue weighted by atomic mass is 16.7. The summed E-state index contributed by atoms with van der Waals surface area (Å²) in [5, 5.41) is 3.23. The minimum atomic E-state index is -0.409. The number of ether oxygens (including phenoxy) is 2. The van der Waals surface area contributed by atoms with Gasteiger partial charge in [-0.3, -0.25) is 0 Å². The summed E-state index contributed by atoms with van der Waals surface area (Å²) < 4.78 is 12.7. The Kier molecular flexibility index (Phi) is 29.6. The maximum atomic E-state index is 6.47. The molecule has 1 heterocycles. The van der Waals surface area contributed by atoms with E-state index in [1.54, 1.807) is 0 Å². The first-order valence-corrected chi connectivity index (χ1v) is 19.6. The van der Waals surface area contributed by atoms with E-state index in [4.69, 9.17) is 9.47 Å². The maximum Gasteiger partial charge on any atom is 0.250 e. The second kappa shape index (κ2) is 32.2. The van der Waals surface area contributed by atoms with Gasteiger partial charge in [0.15, 0.2) is 0 Å². The summed E-state index contributed by atoms with van der Waals surface area (Å²) in [4.78, 5) is 0. The third-order valence-electron chi connectivity index (χ3n) is 8.86. The largest absolute Gasteiger partial charge is 0.456 e. The van der Waals surface area contributed by atoms with Crippen molar-refractivity contribution < 1.29 is 9.47 Å². The van der Waals surface area contributed by atoms with E-state index in [0.29, 0.717) is 0 Å². The van der Waals surface area contributed by atoms with Crippen molar-refractivity contribution in [1.82, 2.24) is 5.32 Å². The Labute approximate surface area is 281 Å². The van der Waals surface area contributed by atoms with Crippen LogP contribution in [0.15, 0.2) is 60.6 Å². The van der Waals surface area contributed by atoms with Gasteiger partial charge in [-0.15, -0.1) is 0 Å². The Balaban J connectivity index is 2.12. The van der Waals surface area contributed by atoms with Crippen molar-refractivity contribution in [2.24, 2.45) is 0 Å². The highest BCUT2D eigenvalue weighted by molar-refractivity contribution is 4.98. The topological polar surface area (TPSA) is 30.5 Å². The van der Waals surface area contributed by atoms with Crippen molar-refractivity contribution in [2.45, 2.75) is 193 Å². The number of rotatable bonds is 33. The highest BCUT2D eigenvalue weighted by Gasteiger charge is 2.37. The molecule has 0 spiro atoms. The first-order valence-electron chi connectivity index (χ1n) is 19.6. The van der Waals surface area contributed by atoms with E-state index >= 15 is 0 Å². The van der Waals surface area contributed by atoms with Crippen molar-refractivity contribution in [3.05, 3.63) is 60.6 Å². The van der Waals surface area contributed by atoms with Gasteiger partial charge in [0.25, 0.3) is 0 Å². The third-order valence-corrected chi connectivity index (χ3v) is 8.86. The van der Waals surface area contributed by atoms with Crippen LogP contribution in [0.3, 0.4) is 0 Å². The molecule has 0 unspecified atom stereocenters. The van der Waals surface area contributed by atoms with E-state index in [0.717, 1.165) is 44.4 Å². The molecule has 1 N–H and O–H groups in total. The second-order valence-corrected chi connectivity index (χ2v) is 13.2. The number of nitrogens with one attached hydrogen (secondary N) is 1. The van der Waals surface area contributed by atoms with Crippen LogP contribution in [0, 0.1) is 0 Å². The van der Waals surface area contributed by atoms with Crippen molar-refractivity contribution in [1.29, 1.82) is 0 Å². The first-order chi connectivity index (χ1) is 22.3. The zero-order valence-corrected chi connectivity index (χ0v) is 30.3. The molecule has 3 heteroatoms. The average molecular weight is 626 g/mol. The molecule has 1 aliphatic heterocycles. The van der Waals surface area contributed by atoms with Gasteiger partial charge in [-0.2, -0.15) is 0 Å². The average Bonchev–Trinajstić information content (AvgIpc) is 3.46. The second-order valence-electron chi connectivity index (χ2n) is 13.2. The van der Waals surface area contributed by atoms with Crippen molar-refractivity contribution in [3.63, 3.8) is 0 Å². The van der Waals surface area contributed by atoms with Gasteiger partial charge in [-0.1, -0.05) is 140 Å². The molecule has 0 radical (unpaired) electrons. The van der Waals surface area contributed by atoms with E-state index in [1.165, 1.54) is 141 Å². The zero-order valence-electron chi connectivity index (χ0n) is 30.3. The summed E-state index contributed by atoms with van der Waals surface area (Å²) in [7, 11) is 2.00. The van der Waals surface area contributed by atoms with Gasteiger partial charge in [0.1, 0.15) is 12.0 Å². The molecular formula is C42H75NO2. The highest BCUT2D eigenvalue weighted by Crippen LogP contribution is 2.36. The van der Waals surface area contributed by atoms with Crippen LogP contribution in [0.25, 0.3) is 0 Å². The number of unbranched alkanes of at least 4 members (excludes halogenated alkanes) is 18. The number of hydrogen-bond acceptors (Lipinski definition) is 3. The lowest BCUT2D eigenvalue weighted by Crippen LogP contribution is -2.30. The molecule has 1 rings (SSSR count). The van der Waals surface area contributed by atoms with E-state index in [2.05, 4.69) is 67.8 Å². The van der Waals surface area contributed by atoms with E-state index in [9.17, 15) is 0 Å². The molecule has 260 valence electrons. The minimum absolute atomic E-state index is 0.409. The standard InChI is InChI=1S/C42H75NO2/c1-4-6-8-10-12-14-16-18-20-22-24-26-28-30-32-34-37-42(44-40-41(45-42)36-39-43-3)38-35-33-31-29-27-25-23-21-19-17-15-13-11-9-7-5-2/h12-15,18-21,40,43H,4-11,16-17,22-39H2,1-3H3/b14-12-,15-13-,20-18-,21-19-. The molecule has 3 nitrogen and oxygen atoms in total. The van der Waals surface area contributed by atoms with Gasteiger partial charge in [0.2, 0.25) is 5.79 Å². The summed E-state index contributed by atoms with van der Waals surface area (Å²) in [6, 6.07) is 0. The molecule has 0 aromatic rings. The van der Waals surface area contributed by atoms with Crippen LogP contribution in [0.1, 0.15) is 187 Å². The van der Waals surface area contributed by atoms with Crippen LogP contribution < -0.4 is 5.32 Å². The smallest absolute Gasteiger partial charge is 0.250 e. The quantitative estimate of drug-likeness (QED) is 0.0581. The van der Waals surface area contributed by atoms with E-state index in [1.807, 2.05) is 13.3 Å². The number of allylic oxidation sites excluding steroid dienone is 8. The third kappa shape index (κ3) is 26.1. The van der Waals surface area contributed by atoms with Gasteiger partial charge in [0.05, 0.1) is 0 Å². The maximum absolute atomic E-state index is 6.47. The Hall–Kier alpha value is -1.74. The Morgan fingerprint density at radius 3 is 1.36 bits per heavy atom. The van der Waals surface area contributed by atoms with Gasteiger partial charge in [-0.25, -0.2) is 0 Å². The number of hydrogen-bond donors (Lipinski definition) is 1. The lowest BCUT2D eigenvalue weighted by Gasteiger charge is -2.29. The van der Waals surface area contributed by atoms with Gasteiger partial charge >= 0.3 is 0 Å². The molecular weight excluding hydrogens is 550 g/mol. The molecule has 0 bridgehead atoms. The monoisotopic (exact) mass is 626 g/mol. The summed E-state index contributed by atoms with van der Waals surface area (Å²) in [5.74, 6) is 0.609. The predicted octanol–water partition coefficient (Wildman–Crippen LogP) is 13.6. The summed E-state index contributed by atoms with van der Waals surface area (Å²) in [6.07, 6.45) is 54.4. The minimum Gasteiger partial charge on any atom is -0.456 e. The Morgan fingerprint density at radius 2 is 0.933 bits per heavy atom. The Bertz CT molecular complexity index is 730. The van der Waals surface area contributed by atoms with Crippen LogP contribution in [0.2, 0.25) is 0 Å². The molecule has 0 saturated carbocycles. The summed E-state index contributed by atoms with van der Waals surface area (Å²) in [5.41, 5.74) is 0. The molecule has 0 fully saturated rings. The lowest BCUT2D eigenvalue weighted by molar-refractivity contribution is -0.161. The predicted molar refractivity (Wildman–Crippen MR) is 199 cm³/mol. The zero-order chi connectivity index (χ0) is 32.4. The van der Waals surface area contributed by atoms with Gasteiger partial charge in [-0.05, 0) is 84.1 Å². The molecule has 0 amide bonds. The molecule has 0 atom stereocenters. The normalized spacial score (nSPS) is 14.8. The van der Waals surface area contributed by atoms with Crippen molar-refractivity contribution in [2.75, 3.05) is 13.6 Å². The fourth-order valence-corrected chi connectivity index (χ4v) is 5.93. The molecule has 0 saturated heterocycles. The SMILES string of the molecule is CCCCC/C=C\C/C=C\CCCCCCCCC1(CCCCCCCC/C=C\C/C=C\CCCCC)OC=C(CCNC)O1. The first kappa shape index (κ1) is 41.3. The summed E-state index contributed by atoms with van der Waals surface area (Å²) in [6.45, 7) is 5.46. The van der Waals surface area contributed by atoms with E-state index in [-0.39, 0.29) is 0 Å². The van der Waals surface area contributed by atoms with Crippen LogP contribution in [0.5, 0.6) is 0 Å². The Morgan fingerprint density at radius 1 is 0.533 bits per heavy atom. The lowest BCUT2D eigenvalue weighted by atomic mass is 9.98. The van der Waals surface area contributed by atoms with E-state index < -0.39 is 5.79 Å². The molecule has 0 aromatic heterocycles. The molecule has 45 heavy (non-hydrogen) atoms. The van der Waals surface area contributed by atoms with Crippen LogP contribution in [-0.4, -0.2) is 19.4 Å². The fraction of sp³-hybridized carbons (Fsp3) is 0.762. The van der Waals surface area contributed by atoms with Crippen LogP contribution in [-0.2, 0) is 9.47 Å². The fourth-order valence-electron chi connectivity index (χ4n) is 5.93. The van der Waals surface area contributed by atoms with Gasteiger partial charge < -0.3 is 14.8 Å². The van der Waals surface area contributed by atoms with Crippen molar-refractivity contribution >= 4 is 0 Å². The molecule has 0 aromatic carbocycles. The van der Waals surface area contributed by atoms with Crippen LogP contribution >= 0.6 is 0 Å². The summed E-state index contributed by atoms with van der Waals surface area (Å²) >= 11 is 0.